The predicted molar refractivity (Wildman–Crippen MR) is 74.6 cm³/mol. The lowest BCUT2D eigenvalue weighted by Crippen LogP contribution is -2.49. The van der Waals surface area contributed by atoms with Crippen molar-refractivity contribution in [3.63, 3.8) is 0 Å². The second-order valence-corrected chi connectivity index (χ2v) is 5.74. The fraction of sp³-hybridized carbons (Fsp3) is 0.625. The number of rotatable bonds is 6. The van der Waals surface area contributed by atoms with Gasteiger partial charge in [0.15, 0.2) is 5.60 Å². The molecule has 2 unspecified atom stereocenters. The molecule has 0 aliphatic rings. The van der Waals surface area contributed by atoms with Crippen LogP contribution in [0.25, 0.3) is 0 Å². The third kappa shape index (κ3) is 3.54. The average Bonchev–Trinajstić information content (AvgIpc) is 2.38. The van der Waals surface area contributed by atoms with E-state index in [0.717, 1.165) is 5.56 Å². The maximum absolute atomic E-state index is 13.2. The number of halogens is 3. The molecule has 0 aromatic heterocycles. The third-order valence-corrected chi connectivity index (χ3v) is 4.12. The van der Waals surface area contributed by atoms with Crippen molar-refractivity contribution in [3.8, 4) is 0 Å². The number of hydrogen-bond acceptors (Lipinski definition) is 1. The van der Waals surface area contributed by atoms with E-state index in [1.165, 1.54) is 0 Å². The van der Waals surface area contributed by atoms with Gasteiger partial charge in [-0.25, -0.2) is 0 Å². The van der Waals surface area contributed by atoms with Crippen LogP contribution in [0.1, 0.15) is 52.0 Å². The monoisotopic (exact) mass is 288 g/mol. The maximum Gasteiger partial charge on any atom is 0.417 e. The van der Waals surface area contributed by atoms with E-state index in [1.807, 2.05) is 37.3 Å². The van der Waals surface area contributed by atoms with Crippen molar-refractivity contribution in [3.05, 3.63) is 35.9 Å². The summed E-state index contributed by atoms with van der Waals surface area (Å²) in [5.74, 6) is 0. The fourth-order valence-electron chi connectivity index (χ4n) is 2.66. The van der Waals surface area contributed by atoms with Crippen molar-refractivity contribution < 1.29 is 18.3 Å². The van der Waals surface area contributed by atoms with Crippen molar-refractivity contribution >= 4 is 0 Å². The van der Waals surface area contributed by atoms with Crippen molar-refractivity contribution in [2.75, 3.05) is 0 Å². The molecule has 1 aromatic rings. The summed E-state index contributed by atoms with van der Waals surface area (Å²) < 4.78 is 39.7. The molecule has 0 spiro atoms. The Balaban J connectivity index is 3.13. The summed E-state index contributed by atoms with van der Waals surface area (Å²) in [6.45, 7) is 5.30. The molecular formula is C16H23F3O. The Morgan fingerprint density at radius 2 is 1.60 bits per heavy atom. The Kier molecular flexibility index (Phi) is 5.25. The summed E-state index contributed by atoms with van der Waals surface area (Å²) in [6.07, 6.45) is -4.34. The Morgan fingerprint density at radius 1 is 1.05 bits per heavy atom. The first-order valence-corrected chi connectivity index (χ1v) is 7.03. The Labute approximate surface area is 118 Å². The molecule has 0 aliphatic carbocycles. The van der Waals surface area contributed by atoms with E-state index in [2.05, 4.69) is 0 Å². The topological polar surface area (TPSA) is 20.2 Å². The molecule has 114 valence electrons. The first-order chi connectivity index (χ1) is 9.18. The minimum absolute atomic E-state index is 0.265. The van der Waals surface area contributed by atoms with E-state index in [4.69, 9.17) is 0 Å². The highest BCUT2D eigenvalue weighted by atomic mass is 19.4. The maximum atomic E-state index is 13.2. The predicted octanol–water partition coefficient (Wildman–Crippen LogP) is 4.84. The summed E-state index contributed by atoms with van der Waals surface area (Å²) in [5, 5.41) is 10.2. The highest BCUT2D eigenvalue weighted by Gasteiger charge is 2.55. The van der Waals surface area contributed by atoms with Crippen LogP contribution < -0.4 is 0 Å². The molecule has 1 rings (SSSR count). The van der Waals surface area contributed by atoms with Gasteiger partial charge in [0.25, 0.3) is 0 Å². The van der Waals surface area contributed by atoms with E-state index in [9.17, 15) is 18.3 Å². The Hall–Kier alpha value is -1.03. The summed E-state index contributed by atoms with van der Waals surface area (Å²) >= 11 is 0. The first-order valence-electron chi connectivity index (χ1n) is 7.03. The molecule has 0 saturated heterocycles. The van der Waals surface area contributed by atoms with Crippen molar-refractivity contribution in [2.24, 2.45) is 0 Å². The van der Waals surface area contributed by atoms with Crippen LogP contribution in [0.3, 0.4) is 0 Å². The van der Waals surface area contributed by atoms with Gasteiger partial charge in [0.05, 0.1) is 0 Å². The van der Waals surface area contributed by atoms with Gasteiger partial charge in [-0.15, -0.1) is 0 Å². The molecular weight excluding hydrogens is 265 g/mol. The molecule has 0 amide bonds. The second-order valence-electron chi connectivity index (χ2n) is 5.74. The molecule has 0 radical (unpaired) electrons. The van der Waals surface area contributed by atoms with E-state index < -0.39 is 17.2 Å². The van der Waals surface area contributed by atoms with Crippen LogP contribution in [-0.4, -0.2) is 16.9 Å². The summed E-state index contributed by atoms with van der Waals surface area (Å²) in [4.78, 5) is 0. The first kappa shape index (κ1) is 17.0. The number of benzene rings is 1. The van der Waals surface area contributed by atoms with Crippen molar-refractivity contribution in [1.29, 1.82) is 0 Å². The van der Waals surface area contributed by atoms with E-state index in [1.54, 1.807) is 13.8 Å². The Morgan fingerprint density at radius 3 is 2.00 bits per heavy atom. The number of aliphatic hydroxyl groups is 1. The van der Waals surface area contributed by atoms with Gasteiger partial charge >= 0.3 is 6.18 Å². The minimum atomic E-state index is -4.60. The zero-order chi connectivity index (χ0) is 15.4. The molecule has 0 fully saturated rings. The SMILES string of the molecule is CCCC(O)(CC(C)(CC)c1ccccc1)C(F)(F)F. The van der Waals surface area contributed by atoms with Crippen molar-refractivity contribution in [1.82, 2.24) is 0 Å². The highest BCUT2D eigenvalue weighted by Crippen LogP contribution is 2.44. The number of alkyl halides is 3. The zero-order valence-corrected chi connectivity index (χ0v) is 12.3. The summed E-state index contributed by atoms with van der Waals surface area (Å²) in [7, 11) is 0. The molecule has 0 saturated carbocycles. The van der Waals surface area contributed by atoms with Gasteiger partial charge in [-0.3, -0.25) is 0 Å². The zero-order valence-electron chi connectivity index (χ0n) is 12.3. The highest BCUT2D eigenvalue weighted by molar-refractivity contribution is 5.25. The van der Waals surface area contributed by atoms with Crippen LogP contribution in [-0.2, 0) is 5.41 Å². The van der Waals surface area contributed by atoms with Gasteiger partial charge in [0, 0.05) is 0 Å². The van der Waals surface area contributed by atoms with Crippen LogP contribution in [0.2, 0.25) is 0 Å². The molecule has 0 heterocycles. The van der Waals surface area contributed by atoms with Crippen LogP contribution in [0.5, 0.6) is 0 Å². The lowest BCUT2D eigenvalue weighted by Gasteiger charge is -2.39. The largest absolute Gasteiger partial charge is 0.417 e. The molecule has 1 N–H and O–H groups in total. The van der Waals surface area contributed by atoms with Crippen LogP contribution in [0.4, 0.5) is 13.2 Å². The summed E-state index contributed by atoms with van der Waals surface area (Å²) in [6, 6.07) is 9.12. The van der Waals surface area contributed by atoms with Gasteiger partial charge in [0.1, 0.15) is 0 Å². The minimum Gasteiger partial charge on any atom is -0.380 e. The van der Waals surface area contributed by atoms with Crippen molar-refractivity contribution in [2.45, 2.75) is 63.6 Å². The molecule has 0 bridgehead atoms. The summed E-state index contributed by atoms with van der Waals surface area (Å²) in [5.41, 5.74) is -2.48. The lowest BCUT2D eigenvalue weighted by molar-refractivity contribution is -0.269. The third-order valence-electron chi connectivity index (χ3n) is 4.12. The molecule has 1 nitrogen and oxygen atoms in total. The van der Waals surface area contributed by atoms with E-state index in [0.29, 0.717) is 12.8 Å². The Bertz CT molecular complexity index is 415. The average molecular weight is 288 g/mol. The fourth-order valence-corrected chi connectivity index (χ4v) is 2.66. The van der Waals surface area contributed by atoms with E-state index in [-0.39, 0.29) is 12.8 Å². The normalized spacial score (nSPS) is 18.4. The standard InChI is InChI=1S/C16H23F3O/c1-4-11-15(20,16(17,18)19)12-14(3,5-2)13-9-7-6-8-10-13/h6-10,20H,4-5,11-12H2,1-3H3. The van der Waals surface area contributed by atoms with Gasteiger partial charge < -0.3 is 5.11 Å². The second kappa shape index (κ2) is 6.17. The smallest absolute Gasteiger partial charge is 0.380 e. The van der Waals surface area contributed by atoms with Crippen LogP contribution in [0, 0.1) is 0 Å². The molecule has 4 heteroatoms. The lowest BCUT2D eigenvalue weighted by atomic mass is 9.70. The molecule has 1 aromatic carbocycles. The molecule has 20 heavy (non-hydrogen) atoms. The molecule has 2 atom stereocenters. The van der Waals surface area contributed by atoms with Gasteiger partial charge in [-0.2, -0.15) is 13.2 Å². The van der Waals surface area contributed by atoms with Crippen LogP contribution >= 0.6 is 0 Å². The van der Waals surface area contributed by atoms with E-state index >= 15 is 0 Å². The van der Waals surface area contributed by atoms with Gasteiger partial charge in [0.2, 0.25) is 0 Å². The van der Waals surface area contributed by atoms with Crippen LogP contribution in [0.15, 0.2) is 30.3 Å². The van der Waals surface area contributed by atoms with Gasteiger partial charge in [-0.05, 0) is 30.2 Å². The quantitative estimate of drug-likeness (QED) is 0.794. The van der Waals surface area contributed by atoms with Gasteiger partial charge in [-0.1, -0.05) is 57.5 Å². The molecule has 0 aliphatic heterocycles. The number of hydrogen-bond donors (Lipinski definition) is 1.